The van der Waals surface area contributed by atoms with E-state index >= 15 is 0 Å². The maximum atomic E-state index is 11.2. The summed E-state index contributed by atoms with van der Waals surface area (Å²) in [5.41, 5.74) is 0.379. The van der Waals surface area contributed by atoms with Gasteiger partial charge in [-0.1, -0.05) is 40.0 Å². The van der Waals surface area contributed by atoms with Gasteiger partial charge in [-0.15, -0.1) is 0 Å². The molecule has 0 spiro atoms. The third-order valence-corrected chi connectivity index (χ3v) is 6.24. The average molecular weight is 296 g/mol. The molecule has 1 N–H and O–H groups in total. The Kier molecular flexibility index (Phi) is 7.94. The van der Waals surface area contributed by atoms with E-state index in [1.807, 2.05) is 0 Å². The molecule has 0 aromatic heterocycles. The number of aldehydes is 1. The van der Waals surface area contributed by atoms with Gasteiger partial charge in [-0.25, -0.2) is 0 Å². The van der Waals surface area contributed by atoms with E-state index in [-0.39, 0.29) is 0 Å². The highest BCUT2D eigenvalue weighted by Gasteiger charge is 2.49. The number of hydrogen-bond donors (Lipinski definition) is 1. The number of unbranched alkanes of at least 4 members (excludes halogenated alkanes) is 1. The maximum Gasteiger partial charge on any atom is 0.120 e. The van der Waals surface area contributed by atoms with Crippen LogP contribution in [0, 0.1) is 29.1 Å². The van der Waals surface area contributed by atoms with Gasteiger partial charge in [0.2, 0.25) is 0 Å². The van der Waals surface area contributed by atoms with Gasteiger partial charge in [0.05, 0.1) is 0 Å². The van der Waals surface area contributed by atoms with Crippen LogP contribution in [-0.2, 0) is 4.79 Å². The van der Waals surface area contributed by atoms with Gasteiger partial charge in [0.1, 0.15) is 6.29 Å². The van der Waals surface area contributed by atoms with Gasteiger partial charge in [-0.2, -0.15) is 0 Å². The van der Waals surface area contributed by atoms with Gasteiger partial charge in [0, 0.05) is 13.5 Å². The van der Waals surface area contributed by atoms with Crippen molar-refractivity contribution in [1.82, 2.24) is 0 Å². The molecule has 2 nitrogen and oxygen atoms in total. The monoisotopic (exact) mass is 296 g/mol. The predicted octanol–water partition coefficient (Wildman–Crippen LogP) is 4.84. The van der Waals surface area contributed by atoms with Crippen molar-refractivity contribution in [2.75, 3.05) is 7.11 Å². The first-order valence-corrected chi connectivity index (χ1v) is 9.01. The van der Waals surface area contributed by atoms with E-state index in [1.54, 1.807) is 0 Å². The summed E-state index contributed by atoms with van der Waals surface area (Å²) in [7, 11) is 1.00. The van der Waals surface area contributed by atoms with Gasteiger partial charge in [-0.3, -0.25) is 0 Å². The molecule has 4 unspecified atom stereocenters. The van der Waals surface area contributed by atoms with Gasteiger partial charge in [0.25, 0.3) is 0 Å². The first-order chi connectivity index (χ1) is 10.1. The van der Waals surface area contributed by atoms with E-state index in [0.717, 1.165) is 37.2 Å². The number of aliphatic hydroxyl groups is 1. The number of aliphatic hydroxyl groups excluding tert-OH is 1. The zero-order chi connectivity index (χ0) is 15.9. The minimum absolute atomic E-state index is 0.379. The molecule has 2 saturated carbocycles. The largest absolute Gasteiger partial charge is 0.400 e. The topological polar surface area (TPSA) is 37.3 Å². The van der Waals surface area contributed by atoms with E-state index in [1.165, 1.54) is 57.7 Å². The van der Waals surface area contributed by atoms with Crippen LogP contribution in [-0.4, -0.2) is 18.5 Å². The summed E-state index contributed by atoms with van der Waals surface area (Å²) in [6.07, 6.45) is 12.9. The summed E-state index contributed by atoms with van der Waals surface area (Å²) in [6, 6.07) is 0. The standard InChI is InChI=1S/C18H32O.CH4O/c1-4-5-6-16-15(3)9-10-18(11-12-19)13-14(2)7-8-17(16)18;1-2/h12,14-17H,4-11,13H2,1-3H3;2H,1H3/t14?,15?,16?,17?,18-;/m0./s1. The van der Waals surface area contributed by atoms with E-state index < -0.39 is 0 Å². The van der Waals surface area contributed by atoms with Crippen molar-refractivity contribution in [2.24, 2.45) is 29.1 Å². The highest BCUT2D eigenvalue weighted by molar-refractivity contribution is 5.51. The maximum absolute atomic E-state index is 11.2. The Hall–Kier alpha value is -0.370. The van der Waals surface area contributed by atoms with Crippen molar-refractivity contribution in [3.05, 3.63) is 0 Å². The molecule has 2 aliphatic carbocycles. The Morgan fingerprint density at radius 1 is 1.19 bits per heavy atom. The second-order valence-corrected chi connectivity index (χ2v) is 7.55. The Morgan fingerprint density at radius 3 is 2.52 bits per heavy atom. The number of fused-ring (bicyclic) bond motifs is 1. The molecule has 0 amide bonds. The number of carbonyl (C=O) groups is 1. The molecule has 0 aromatic carbocycles. The van der Waals surface area contributed by atoms with Crippen molar-refractivity contribution < 1.29 is 9.90 Å². The molecule has 0 radical (unpaired) electrons. The Balaban J connectivity index is 0.00000106. The molecule has 0 heterocycles. The molecule has 0 aromatic rings. The molecule has 0 aliphatic heterocycles. The normalized spacial score (nSPS) is 38.9. The minimum atomic E-state index is 0.379. The fourth-order valence-electron chi connectivity index (χ4n) is 5.23. The van der Waals surface area contributed by atoms with Crippen LogP contribution < -0.4 is 0 Å². The minimum Gasteiger partial charge on any atom is -0.400 e. The Bertz CT molecular complexity index is 302. The SMILES string of the molecule is CCCCC1C(C)CC[C@]2(CC=O)CC(C)CCC12.CO. The molecule has 2 heteroatoms. The second kappa shape index (κ2) is 8.92. The predicted molar refractivity (Wildman–Crippen MR) is 89.2 cm³/mol. The molecule has 0 bridgehead atoms. The average Bonchev–Trinajstić information content (AvgIpc) is 2.49. The molecule has 2 rings (SSSR count). The smallest absolute Gasteiger partial charge is 0.120 e. The highest BCUT2D eigenvalue weighted by Crippen LogP contribution is 2.58. The molecule has 2 fully saturated rings. The van der Waals surface area contributed by atoms with Crippen LogP contribution in [0.2, 0.25) is 0 Å². The van der Waals surface area contributed by atoms with Gasteiger partial charge < -0.3 is 9.90 Å². The molecule has 5 atom stereocenters. The second-order valence-electron chi connectivity index (χ2n) is 7.55. The summed E-state index contributed by atoms with van der Waals surface area (Å²) in [6.45, 7) is 7.15. The summed E-state index contributed by atoms with van der Waals surface area (Å²) >= 11 is 0. The van der Waals surface area contributed by atoms with Crippen molar-refractivity contribution in [2.45, 2.75) is 78.6 Å². The fraction of sp³-hybridized carbons (Fsp3) is 0.947. The van der Waals surface area contributed by atoms with Crippen LogP contribution in [0.1, 0.15) is 78.6 Å². The first kappa shape index (κ1) is 18.7. The summed E-state index contributed by atoms with van der Waals surface area (Å²) in [4.78, 5) is 11.2. The molecular formula is C19H36O2. The van der Waals surface area contributed by atoms with E-state index in [2.05, 4.69) is 20.8 Å². The van der Waals surface area contributed by atoms with Crippen molar-refractivity contribution >= 4 is 6.29 Å². The Morgan fingerprint density at radius 2 is 1.90 bits per heavy atom. The summed E-state index contributed by atoms with van der Waals surface area (Å²) in [5.74, 6) is 3.44. The first-order valence-electron chi connectivity index (χ1n) is 9.01. The van der Waals surface area contributed by atoms with Crippen LogP contribution in [0.15, 0.2) is 0 Å². The van der Waals surface area contributed by atoms with E-state index in [4.69, 9.17) is 5.11 Å². The van der Waals surface area contributed by atoms with Crippen LogP contribution in [0.3, 0.4) is 0 Å². The number of hydrogen-bond acceptors (Lipinski definition) is 2. The summed E-state index contributed by atoms with van der Waals surface area (Å²) in [5, 5.41) is 7.00. The molecular weight excluding hydrogens is 260 g/mol. The van der Waals surface area contributed by atoms with E-state index in [9.17, 15) is 4.79 Å². The van der Waals surface area contributed by atoms with Crippen LogP contribution in [0.4, 0.5) is 0 Å². The molecule has 0 saturated heterocycles. The third-order valence-electron chi connectivity index (χ3n) is 6.24. The highest BCUT2D eigenvalue weighted by atomic mass is 16.2. The van der Waals surface area contributed by atoms with Gasteiger partial charge >= 0.3 is 0 Å². The molecule has 21 heavy (non-hydrogen) atoms. The lowest BCUT2D eigenvalue weighted by Crippen LogP contribution is -2.46. The van der Waals surface area contributed by atoms with E-state index in [0.29, 0.717) is 5.41 Å². The Labute approximate surface area is 131 Å². The molecule has 124 valence electrons. The van der Waals surface area contributed by atoms with Crippen LogP contribution in [0.25, 0.3) is 0 Å². The fourth-order valence-corrected chi connectivity index (χ4v) is 5.23. The third kappa shape index (κ3) is 4.31. The zero-order valence-electron chi connectivity index (χ0n) is 14.6. The van der Waals surface area contributed by atoms with Crippen molar-refractivity contribution in [3.63, 3.8) is 0 Å². The zero-order valence-corrected chi connectivity index (χ0v) is 14.6. The summed E-state index contributed by atoms with van der Waals surface area (Å²) < 4.78 is 0. The van der Waals surface area contributed by atoms with Crippen molar-refractivity contribution in [1.29, 1.82) is 0 Å². The lowest BCUT2D eigenvalue weighted by molar-refractivity contribution is -0.116. The van der Waals surface area contributed by atoms with Gasteiger partial charge in [-0.05, 0) is 61.2 Å². The van der Waals surface area contributed by atoms with Crippen molar-refractivity contribution in [3.8, 4) is 0 Å². The van der Waals surface area contributed by atoms with Crippen LogP contribution >= 0.6 is 0 Å². The van der Waals surface area contributed by atoms with Gasteiger partial charge in [0.15, 0.2) is 0 Å². The molecule has 2 aliphatic rings. The lowest BCUT2D eigenvalue weighted by Gasteiger charge is -2.54. The number of carbonyl (C=O) groups excluding carboxylic acids is 1. The quantitative estimate of drug-likeness (QED) is 0.737. The lowest BCUT2D eigenvalue weighted by atomic mass is 9.50. The van der Waals surface area contributed by atoms with Crippen LogP contribution in [0.5, 0.6) is 0 Å². The number of rotatable bonds is 5.